The van der Waals surface area contributed by atoms with Gasteiger partial charge >= 0.3 is 6.09 Å². The second-order valence-electron chi connectivity index (χ2n) is 11.3. The molecule has 0 bridgehead atoms. The lowest BCUT2D eigenvalue weighted by atomic mass is 9.93. The van der Waals surface area contributed by atoms with E-state index >= 15 is 0 Å². The molecule has 8 heteroatoms. The zero-order valence-corrected chi connectivity index (χ0v) is 22.9. The van der Waals surface area contributed by atoms with Gasteiger partial charge in [-0.1, -0.05) is 45.4 Å². The first-order valence-electron chi connectivity index (χ1n) is 12.5. The lowest BCUT2D eigenvalue weighted by molar-refractivity contribution is -0.148. The Morgan fingerprint density at radius 1 is 1.06 bits per heavy atom. The summed E-state index contributed by atoms with van der Waals surface area (Å²) in [6.45, 7) is 17.1. The third kappa shape index (κ3) is 9.78. The van der Waals surface area contributed by atoms with Crippen LogP contribution in [0.4, 0.5) is 4.79 Å². The summed E-state index contributed by atoms with van der Waals surface area (Å²) in [7, 11) is 0. The highest BCUT2D eigenvalue weighted by Crippen LogP contribution is 2.34. The Kier molecular flexibility index (Phi) is 11.1. The predicted octanol–water partition coefficient (Wildman–Crippen LogP) is 4.92. The number of phenols is 1. The summed E-state index contributed by atoms with van der Waals surface area (Å²) in [5.41, 5.74) is -1.21. The van der Waals surface area contributed by atoms with Crippen LogP contribution in [0.5, 0.6) is 5.75 Å². The van der Waals surface area contributed by atoms with Crippen LogP contribution in [-0.4, -0.2) is 51.6 Å². The normalized spacial score (nSPS) is 13.7. The number of benzene rings is 1. The van der Waals surface area contributed by atoms with Crippen LogP contribution in [-0.2, 0) is 14.3 Å². The van der Waals surface area contributed by atoms with Gasteiger partial charge in [-0.05, 0) is 66.4 Å². The number of phenolic OH excluding ortho intramolecular Hbond substituents is 1. The molecule has 0 aliphatic carbocycles. The van der Waals surface area contributed by atoms with Crippen molar-refractivity contribution in [1.29, 1.82) is 0 Å². The van der Waals surface area contributed by atoms with E-state index in [-0.39, 0.29) is 17.6 Å². The van der Waals surface area contributed by atoms with Gasteiger partial charge in [-0.15, -0.1) is 0 Å². The van der Waals surface area contributed by atoms with Gasteiger partial charge < -0.3 is 25.4 Å². The van der Waals surface area contributed by atoms with Crippen LogP contribution in [0.1, 0.15) is 93.2 Å². The van der Waals surface area contributed by atoms with Crippen molar-refractivity contribution in [3.63, 3.8) is 0 Å². The highest BCUT2D eigenvalue weighted by atomic mass is 16.6. The molecule has 1 aromatic carbocycles. The van der Waals surface area contributed by atoms with Crippen LogP contribution in [0.25, 0.3) is 0 Å². The number of carbonyl (C=O) groups is 3. The number of hydrogen-bond donors (Lipinski definition) is 3. The van der Waals surface area contributed by atoms with Crippen LogP contribution in [0, 0.1) is 5.92 Å². The summed E-state index contributed by atoms with van der Waals surface area (Å²) in [5, 5.41) is 16.3. The molecule has 0 spiro atoms. The standard InChI is InChI=1S/C27H45N3O5/c1-10-11-16-28-23(32)22(19-14-12-13-15-21(19)31)30(26(4,5)6)24(33)20(17-18(2)3)29-25(34)35-27(7,8)9/h12-15,18,20,22,31H,10-11,16-17H2,1-9H3,(H,28,32)(H,29,34). The summed E-state index contributed by atoms with van der Waals surface area (Å²) in [5.74, 6) is -0.798. The summed E-state index contributed by atoms with van der Waals surface area (Å²) in [6, 6.07) is 4.52. The molecule has 198 valence electrons. The molecule has 0 radical (unpaired) electrons. The van der Waals surface area contributed by atoms with Crippen molar-refractivity contribution in [2.45, 2.75) is 105 Å². The van der Waals surface area contributed by atoms with Crippen LogP contribution in [0.2, 0.25) is 0 Å². The summed E-state index contributed by atoms with van der Waals surface area (Å²) in [4.78, 5) is 41.6. The van der Waals surface area contributed by atoms with E-state index < -0.39 is 35.2 Å². The monoisotopic (exact) mass is 491 g/mol. The molecule has 35 heavy (non-hydrogen) atoms. The minimum absolute atomic E-state index is 0.0781. The summed E-state index contributed by atoms with van der Waals surface area (Å²) in [6.07, 6.45) is 1.35. The SMILES string of the molecule is CCCCNC(=O)C(c1ccccc1O)N(C(=O)C(CC(C)C)NC(=O)OC(C)(C)C)C(C)(C)C. The number of ether oxygens (including phenoxy) is 1. The molecular weight excluding hydrogens is 446 g/mol. The Balaban J connectivity index is 3.53. The second-order valence-corrected chi connectivity index (χ2v) is 11.3. The Morgan fingerprint density at radius 3 is 2.14 bits per heavy atom. The van der Waals surface area contributed by atoms with E-state index in [1.54, 1.807) is 39.0 Å². The molecule has 3 amide bonds. The highest BCUT2D eigenvalue weighted by Gasteiger charge is 2.42. The van der Waals surface area contributed by atoms with E-state index in [4.69, 9.17) is 4.74 Å². The van der Waals surface area contributed by atoms with Crippen LogP contribution in [0.15, 0.2) is 24.3 Å². The molecule has 0 saturated heterocycles. The van der Waals surface area contributed by atoms with Crippen LogP contribution < -0.4 is 10.6 Å². The van der Waals surface area contributed by atoms with Crippen molar-refractivity contribution in [3.05, 3.63) is 29.8 Å². The van der Waals surface area contributed by atoms with Crippen molar-refractivity contribution in [1.82, 2.24) is 15.5 Å². The average molecular weight is 492 g/mol. The number of nitrogens with one attached hydrogen (secondary N) is 2. The van der Waals surface area contributed by atoms with Gasteiger partial charge in [-0.25, -0.2) is 4.79 Å². The fourth-order valence-corrected chi connectivity index (χ4v) is 3.76. The van der Waals surface area contributed by atoms with Gasteiger partial charge in [-0.3, -0.25) is 9.59 Å². The lowest BCUT2D eigenvalue weighted by Gasteiger charge is -2.43. The Labute approximate surface area is 210 Å². The molecule has 2 atom stereocenters. The molecule has 8 nitrogen and oxygen atoms in total. The zero-order chi connectivity index (χ0) is 27.0. The summed E-state index contributed by atoms with van der Waals surface area (Å²) < 4.78 is 5.40. The zero-order valence-electron chi connectivity index (χ0n) is 22.9. The Bertz CT molecular complexity index is 855. The maximum atomic E-state index is 14.1. The minimum atomic E-state index is -1.09. The molecule has 0 aliphatic heterocycles. The maximum Gasteiger partial charge on any atom is 0.408 e. The molecule has 0 aliphatic rings. The Morgan fingerprint density at radius 2 is 1.66 bits per heavy atom. The van der Waals surface area contributed by atoms with Crippen molar-refractivity contribution in [2.24, 2.45) is 5.92 Å². The Hall–Kier alpha value is -2.77. The van der Waals surface area contributed by atoms with E-state index in [1.807, 2.05) is 41.5 Å². The molecule has 0 heterocycles. The number of aromatic hydroxyl groups is 1. The fourth-order valence-electron chi connectivity index (χ4n) is 3.76. The first kappa shape index (κ1) is 30.3. The number of carbonyl (C=O) groups excluding carboxylic acids is 3. The molecule has 0 fully saturated rings. The number of hydrogen-bond acceptors (Lipinski definition) is 5. The molecule has 1 aromatic rings. The second kappa shape index (κ2) is 12.8. The third-order valence-corrected chi connectivity index (χ3v) is 5.22. The van der Waals surface area contributed by atoms with E-state index in [2.05, 4.69) is 10.6 Å². The lowest BCUT2D eigenvalue weighted by Crippen LogP contribution is -2.58. The highest BCUT2D eigenvalue weighted by molar-refractivity contribution is 5.93. The number of alkyl carbamates (subject to hydrolysis) is 1. The van der Waals surface area contributed by atoms with Crippen LogP contribution >= 0.6 is 0 Å². The van der Waals surface area contributed by atoms with Crippen molar-refractivity contribution < 1.29 is 24.2 Å². The van der Waals surface area contributed by atoms with Gasteiger partial charge in [0.15, 0.2) is 0 Å². The number of unbranched alkanes of at least 4 members (excludes halogenated alkanes) is 1. The molecule has 0 aromatic heterocycles. The van der Waals surface area contributed by atoms with Gasteiger partial charge in [0.05, 0.1) is 0 Å². The third-order valence-electron chi connectivity index (χ3n) is 5.22. The van der Waals surface area contributed by atoms with Gasteiger partial charge in [0, 0.05) is 17.6 Å². The molecule has 3 N–H and O–H groups in total. The van der Waals surface area contributed by atoms with E-state index in [0.717, 1.165) is 12.8 Å². The molecule has 2 unspecified atom stereocenters. The number of para-hydroxylation sites is 1. The fraction of sp³-hybridized carbons (Fsp3) is 0.667. The van der Waals surface area contributed by atoms with E-state index in [9.17, 15) is 19.5 Å². The predicted molar refractivity (Wildman–Crippen MR) is 138 cm³/mol. The average Bonchev–Trinajstić information content (AvgIpc) is 2.69. The number of rotatable bonds is 10. The van der Waals surface area contributed by atoms with Crippen molar-refractivity contribution >= 4 is 17.9 Å². The summed E-state index contributed by atoms with van der Waals surface area (Å²) >= 11 is 0. The number of nitrogens with zero attached hydrogens (tertiary/aromatic N) is 1. The molecule has 1 rings (SSSR count). The molecular formula is C27H45N3O5. The van der Waals surface area contributed by atoms with Crippen molar-refractivity contribution in [3.8, 4) is 5.75 Å². The van der Waals surface area contributed by atoms with Gasteiger partial charge in [0.25, 0.3) is 0 Å². The van der Waals surface area contributed by atoms with E-state index in [0.29, 0.717) is 18.5 Å². The maximum absolute atomic E-state index is 14.1. The largest absolute Gasteiger partial charge is 0.508 e. The topological polar surface area (TPSA) is 108 Å². The van der Waals surface area contributed by atoms with Gasteiger partial charge in [0.2, 0.25) is 11.8 Å². The van der Waals surface area contributed by atoms with Gasteiger partial charge in [0.1, 0.15) is 23.4 Å². The first-order chi connectivity index (χ1) is 16.1. The first-order valence-corrected chi connectivity index (χ1v) is 12.5. The van der Waals surface area contributed by atoms with E-state index in [1.165, 1.54) is 11.0 Å². The number of amides is 3. The quantitative estimate of drug-likeness (QED) is 0.403. The molecule has 0 saturated carbocycles. The minimum Gasteiger partial charge on any atom is -0.508 e. The van der Waals surface area contributed by atoms with Gasteiger partial charge in [-0.2, -0.15) is 0 Å². The smallest absolute Gasteiger partial charge is 0.408 e. The van der Waals surface area contributed by atoms with Crippen molar-refractivity contribution in [2.75, 3.05) is 6.54 Å². The van der Waals surface area contributed by atoms with Crippen LogP contribution in [0.3, 0.4) is 0 Å².